The molecule has 0 saturated carbocycles. The Bertz CT molecular complexity index is 442. The maximum absolute atomic E-state index is 11.5. The van der Waals surface area contributed by atoms with Crippen LogP contribution in [0.2, 0.25) is 5.02 Å². The second-order valence-electron chi connectivity index (χ2n) is 3.74. The third kappa shape index (κ3) is 4.22. The largest absolute Gasteiger partial charge is 0.481 e. The summed E-state index contributed by atoms with van der Waals surface area (Å²) in [7, 11) is 0. The number of carbonyl (C=O) groups excluding carboxylic acids is 1. The summed E-state index contributed by atoms with van der Waals surface area (Å²) in [6, 6.07) is 6.44. The number of benzene rings is 1. The van der Waals surface area contributed by atoms with Crippen LogP contribution in [-0.2, 0) is 9.59 Å². The van der Waals surface area contributed by atoms with Crippen LogP contribution in [0.25, 0.3) is 0 Å². The van der Waals surface area contributed by atoms with E-state index in [1.54, 1.807) is 24.3 Å². The molecule has 1 rings (SSSR count). The molecule has 2 N–H and O–H groups in total. The maximum Gasteiger partial charge on any atom is 0.311 e. The number of aliphatic carboxylic acids is 1. The minimum atomic E-state index is -1.04. The van der Waals surface area contributed by atoms with Gasteiger partial charge in [0.05, 0.1) is 5.92 Å². The number of carboxylic acid groups (broad SMARTS) is 1. The predicted octanol–water partition coefficient (Wildman–Crippen LogP) is 2.20. The van der Waals surface area contributed by atoms with Crippen LogP contribution in [0.1, 0.15) is 17.9 Å². The van der Waals surface area contributed by atoms with Crippen LogP contribution in [0.15, 0.2) is 36.9 Å². The van der Waals surface area contributed by atoms with Gasteiger partial charge in [-0.2, -0.15) is 0 Å². The van der Waals surface area contributed by atoms with Gasteiger partial charge in [0, 0.05) is 18.0 Å². The van der Waals surface area contributed by atoms with Crippen LogP contribution in [0, 0.1) is 0 Å². The second-order valence-corrected chi connectivity index (χ2v) is 4.18. The Morgan fingerprint density at radius 2 is 2.00 bits per heavy atom. The molecule has 0 aliphatic rings. The van der Waals surface area contributed by atoms with Crippen LogP contribution < -0.4 is 5.32 Å². The lowest BCUT2D eigenvalue weighted by molar-refractivity contribution is -0.140. The molecule has 0 bridgehead atoms. The summed E-state index contributed by atoms with van der Waals surface area (Å²) < 4.78 is 0. The van der Waals surface area contributed by atoms with Crippen molar-refractivity contribution in [3.63, 3.8) is 0 Å². The smallest absolute Gasteiger partial charge is 0.311 e. The van der Waals surface area contributed by atoms with Gasteiger partial charge in [-0.3, -0.25) is 9.59 Å². The molecule has 0 heterocycles. The number of hydrogen-bond donors (Lipinski definition) is 2. The molecule has 4 nitrogen and oxygen atoms in total. The summed E-state index contributed by atoms with van der Waals surface area (Å²) in [5.41, 5.74) is 0.556. The van der Waals surface area contributed by atoms with Gasteiger partial charge in [-0.1, -0.05) is 29.8 Å². The normalized spacial score (nSPS) is 11.6. The summed E-state index contributed by atoms with van der Waals surface area (Å²) in [6.07, 6.45) is 1.43. The highest BCUT2D eigenvalue weighted by molar-refractivity contribution is 6.30. The Kier molecular flexibility index (Phi) is 5.39. The first-order chi connectivity index (χ1) is 8.54. The van der Waals surface area contributed by atoms with E-state index in [0.717, 1.165) is 0 Å². The van der Waals surface area contributed by atoms with Gasteiger partial charge in [-0.25, -0.2) is 0 Å². The molecule has 1 unspecified atom stereocenters. The number of nitrogens with one attached hydrogen (secondary N) is 1. The zero-order chi connectivity index (χ0) is 13.5. The fraction of sp³-hybridized carbons (Fsp3) is 0.231. The molecule has 18 heavy (non-hydrogen) atoms. The van der Waals surface area contributed by atoms with Gasteiger partial charge in [0.2, 0.25) is 5.91 Å². The van der Waals surface area contributed by atoms with Crippen LogP contribution in [0.5, 0.6) is 0 Å². The number of amides is 1. The third-order valence-corrected chi connectivity index (χ3v) is 2.66. The van der Waals surface area contributed by atoms with Crippen LogP contribution >= 0.6 is 11.6 Å². The van der Waals surface area contributed by atoms with Gasteiger partial charge in [0.1, 0.15) is 0 Å². The van der Waals surface area contributed by atoms with E-state index in [9.17, 15) is 9.59 Å². The van der Waals surface area contributed by atoms with E-state index in [1.807, 2.05) is 0 Å². The molecule has 0 spiro atoms. The summed E-state index contributed by atoms with van der Waals surface area (Å²) in [6.45, 7) is 3.79. The highest BCUT2D eigenvalue weighted by Gasteiger charge is 2.22. The van der Waals surface area contributed by atoms with Crippen molar-refractivity contribution >= 4 is 23.5 Å². The summed E-state index contributed by atoms with van der Waals surface area (Å²) >= 11 is 5.73. The first kappa shape index (κ1) is 14.3. The lowest BCUT2D eigenvalue weighted by Crippen LogP contribution is -2.27. The Hall–Kier alpha value is -1.81. The molecule has 0 radical (unpaired) electrons. The number of hydrogen-bond acceptors (Lipinski definition) is 2. The maximum atomic E-state index is 11.5. The van der Waals surface area contributed by atoms with Gasteiger partial charge < -0.3 is 10.4 Å². The molecule has 1 aromatic rings. The van der Waals surface area contributed by atoms with Crippen molar-refractivity contribution in [2.45, 2.75) is 12.3 Å². The fourth-order valence-electron chi connectivity index (χ4n) is 1.49. The molecule has 1 atom stereocenters. The first-order valence-electron chi connectivity index (χ1n) is 5.40. The van der Waals surface area contributed by atoms with E-state index in [0.29, 0.717) is 17.1 Å². The minimum Gasteiger partial charge on any atom is -0.481 e. The van der Waals surface area contributed by atoms with Crippen molar-refractivity contribution in [2.24, 2.45) is 0 Å². The van der Waals surface area contributed by atoms with E-state index in [1.165, 1.54) is 6.08 Å². The number of halogens is 1. The average molecular weight is 268 g/mol. The molecule has 0 aromatic heterocycles. The summed E-state index contributed by atoms with van der Waals surface area (Å²) in [5.74, 6) is -2.23. The van der Waals surface area contributed by atoms with E-state index in [-0.39, 0.29) is 12.3 Å². The molecular weight excluding hydrogens is 254 g/mol. The van der Waals surface area contributed by atoms with E-state index >= 15 is 0 Å². The average Bonchev–Trinajstić information content (AvgIpc) is 2.34. The molecular formula is C13H14ClNO3. The second kappa shape index (κ2) is 6.81. The molecule has 96 valence electrons. The molecule has 0 aliphatic heterocycles. The number of carboxylic acids is 1. The molecule has 0 fully saturated rings. The SMILES string of the molecule is C=CCNC(=O)CC(C(=O)O)c1ccc(Cl)cc1. The fourth-order valence-corrected chi connectivity index (χ4v) is 1.61. The molecule has 0 aliphatic carbocycles. The summed E-state index contributed by atoms with van der Waals surface area (Å²) in [4.78, 5) is 22.7. The van der Waals surface area contributed by atoms with Crippen molar-refractivity contribution in [3.05, 3.63) is 47.5 Å². The standard InChI is InChI=1S/C13H14ClNO3/c1-2-7-15-12(16)8-11(13(17)18)9-3-5-10(14)6-4-9/h2-6,11H,1,7-8H2,(H,15,16)(H,17,18). The molecule has 1 aromatic carbocycles. The Labute approximate surface area is 110 Å². The van der Waals surface area contributed by atoms with Crippen molar-refractivity contribution in [2.75, 3.05) is 6.54 Å². The molecule has 5 heteroatoms. The first-order valence-corrected chi connectivity index (χ1v) is 5.78. The third-order valence-electron chi connectivity index (χ3n) is 2.40. The highest BCUT2D eigenvalue weighted by Crippen LogP contribution is 2.22. The quantitative estimate of drug-likeness (QED) is 0.777. The van der Waals surface area contributed by atoms with Gasteiger partial charge in [-0.05, 0) is 17.7 Å². The zero-order valence-electron chi connectivity index (χ0n) is 9.73. The van der Waals surface area contributed by atoms with Gasteiger partial charge in [-0.15, -0.1) is 6.58 Å². The lowest BCUT2D eigenvalue weighted by atomic mass is 9.95. The van der Waals surface area contributed by atoms with Crippen molar-refractivity contribution in [3.8, 4) is 0 Å². The Morgan fingerprint density at radius 3 is 2.50 bits per heavy atom. The van der Waals surface area contributed by atoms with Crippen molar-refractivity contribution < 1.29 is 14.7 Å². The van der Waals surface area contributed by atoms with E-state index in [4.69, 9.17) is 16.7 Å². The van der Waals surface area contributed by atoms with Crippen LogP contribution in [-0.4, -0.2) is 23.5 Å². The molecule has 1 amide bonds. The predicted molar refractivity (Wildman–Crippen MR) is 69.7 cm³/mol. The van der Waals surface area contributed by atoms with Crippen molar-refractivity contribution in [1.82, 2.24) is 5.32 Å². The molecule has 0 saturated heterocycles. The van der Waals surface area contributed by atoms with E-state index in [2.05, 4.69) is 11.9 Å². The number of rotatable bonds is 6. The highest BCUT2D eigenvalue weighted by atomic mass is 35.5. The van der Waals surface area contributed by atoms with Crippen LogP contribution in [0.4, 0.5) is 0 Å². The van der Waals surface area contributed by atoms with Crippen molar-refractivity contribution in [1.29, 1.82) is 0 Å². The summed E-state index contributed by atoms with van der Waals surface area (Å²) in [5, 5.41) is 12.2. The monoisotopic (exact) mass is 267 g/mol. The van der Waals surface area contributed by atoms with Crippen LogP contribution in [0.3, 0.4) is 0 Å². The van der Waals surface area contributed by atoms with Gasteiger partial charge in [0.25, 0.3) is 0 Å². The van der Waals surface area contributed by atoms with Gasteiger partial charge >= 0.3 is 5.97 Å². The number of carbonyl (C=O) groups is 2. The van der Waals surface area contributed by atoms with Gasteiger partial charge in [0.15, 0.2) is 0 Å². The topological polar surface area (TPSA) is 66.4 Å². The van der Waals surface area contributed by atoms with E-state index < -0.39 is 11.9 Å². The Balaban J connectivity index is 2.77. The lowest BCUT2D eigenvalue weighted by Gasteiger charge is -2.12. The Morgan fingerprint density at radius 1 is 1.39 bits per heavy atom. The zero-order valence-corrected chi connectivity index (χ0v) is 10.5. The minimum absolute atomic E-state index is 0.106.